The highest BCUT2D eigenvalue weighted by Gasteiger charge is 2.10. The van der Waals surface area contributed by atoms with Crippen LogP contribution in [-0.2, 0) is 14.3 Å². The van der Waals surface area contributed by atoms with Gasteiger partial charge in [0.2, 0.25) is 5.90 Å². The summed E-state index contributed by atoms with van der Waals surface area (Å²) in [5.74, 6) is -1.29. The molecule has 0 aliphatic heterocycles. The number of ether oxygens (including phenoxy) is 2. The minimum absolute atomic E-state index is 0.367. The molecule has 0 saturated heterocycles. The Bertz CT molecular complexity index is 264. The Morgan fingerprint density at radius 3 is 2.50 bits per heavy atom. The first kappa shape index (κ1) is 12.3. The lowest BCUT2D eigenvalue weighted by Gasteiger charge is -2.03. The lowest BCUT2D eigenvalue weighted by molar-refractivity contribution is -0.136. The number of hydrogen-bond donors (Lipinski definition) is 1. The zero-order valence-corrected chi connectivity index (χ0v) is 7.66. The summed E-state index contributed by atoms with van der Waals surface area (Å²) in [6, 6.07) is 0. The van der Waals surface area contributed by atoms with Crippen molar-refractivity contribution in [3.05, 3.63) is 11.8 Å². The molecular formula is C7H10F2N2O3. The molecule has 0 aliphatic carbocycles. The van der Waals surface area contributed by atoms with Crippen molar-refractivity contribution in [2.45, 2.75) is 6.61 Å². The van der Waals surface area contributed by atoms with Gasteiger partial charge in [-0.05, 0) is 0 Å². The van der Waals surface area contributed by atoms with Crippen LogP contribution in [0.5, 0.6) is 0 Å². The van der Waals surface area contributed by atoms with Crippen molar-refractivity contribution in [2.75, 3.05) is 14.2 Å². The van der Waals surface area contributed by atoms with Gasteiger partial charge in [-0.3, -0.25) is 4.99 Å². The second-order valence-electron chi connectivity index (χ2n) is 2.03. The number of esters is 1. The maximum absolute atomic E-state index is 11.7. The summed E-state index contributed by atoms with van der Waals surface area (Å²) in [5, 5.41) is 0. The van der Waals surface area contributed by atoms with Crippen LogP contribution in [0.1, 0.15) is 0 Å². The highest BCUT2D eigenvalue weighted by molar-refractivity contribution is 5.97. The lowest BCUT2D eigenvalue weighted by Crippen LogP contribution is -2.16. The second-order valence-corrected chi connectivity index (χ2v) is 2.03. The molecule has 0 unspecified atom stereocenters. The Kier molecular flexibility index (Phi) is 5.20. The van der Waals surface area contributed by atoms with Crippen LogP contribution >= 0.6 is 0 Å². The van der Waals surface area contributed by atoms with Gasteiger partial charge in [-0.1, -0.05) is 0 Å². The maximum Gasteiger partial charge on any atom is 0.388 e. The average molecular weight is 208 g/mol. The Hall–Kier alpha value is -1.66. The molecule has 7 heteroatoms. The van der Waals surface area contributed by atoms with Gasteiger partial charge < -0.3 is 15.2 Å². The summed E-state index contributed by atoms with van der Waals surface area (Å²) in [5.41, 5.74) is 4.79. The molecule has 0 aromatic heterocycles. The zero-order valence-electron chi connectivity index (χ0n) is 7.66. The zero-order chi connectivity index (χ0) is 11.1. The van der Waals surface area contributed by atoms with Crippen LogP contribution in [0.4, 0.5) is 8.78 Å². The Morgan fingerprint density at radius 2 is 2.14 bits per heavy atom. The molecule has 0 rings (SSSR count). The third-order valence-electron chi connectivity index (χ3n) is 1.13. The Balaban J connectivity index is 4.51. The van der Waals surface area contributed by atoms with Crippen molar-refractivity contribution in [1.29, 1.82) is 0 Å². The molecule has 0 amide bonds. The summed E-state index contributed by atoms with van der Waals surface area (Å²) in [4.78, 5) is 14.1. The van der Waals surface area contributed by atoms with Crippen molar-refractivity contribution in [3.8, 4) is 0 Å². The smallest absolute Gasteiger partial charge is 0.388 e. The fourth-order valence-electron chi connectivity index (χ4n) is 0.552. The van der Waals surface area contributed by atoms with Gasteiger partial charge in [-0.25, -0.2) is 4.79 Å². The normalized spacial score (nSPS) is 12.9. The van der Waals surface area contributed by atoms with E-state index >= 15 is 0 Å². The molecule has 0 aromatic carbocycles. The summed E-state index contributed by atoms with van der Waals surface area (Å²) in [6.07, 6.45) is 0.859. The molecule has 0 aromatic rings. The molecule has 0 atom stereocenters. The van der Waals surface area contributed by atoms with Gasteiger partial charge in [0, 0.05) is 13.1 Å². The van der Waals surface area contributed by atoms with E-state index in [1.54, 1.807) is 0 Å². The van der Waals surface area contributed by atoms with Crippen molar-refractivity contribution >= 4 is 11.9 Å². The lowest BCUT2D eigenvalue weighted by atomic mass is 10.4. The van der Waals surface area contributed by atoms with E-state index in [1.807, 2.05) is 0 Å². The van der Waals surface area contributed by atoms with Crippen molar-refractivity contribution in [2.24, 2.45) is 10.7 Å². The molecule has 0 saturated carbocycles. The first-order valence-electron chi connectivity index (χ1n) is 3.48. The van der Waals surface area contributed by atoms with E-state index in [2.05, 4.69) is 14.5 Å². The van der Waals surface area contributed by atoms with E-state index < -0.39 is 18.5 Å². The largest absolute Gasteiger partial charge is 0.464 e. The predicted molar refractivity (Wildman–Crippen MR) is 44.7 cm³/mol. The summed E-state index contributed by atoms with van der Waals surface area (Å²) >= 11 is 0. The third-order valence-corrected chi connectivity index (χ3v) is 1.13. The molecule has 0 aliphatic rings. The summed E-state index contributed by atoms with van der Waals surface area (Å²) in [7, 11) is 2.33. The SMILES string of the molecule is CN=C(C=C(N)C(=O)OC)OC(F)F. The molecule has 2 N–H and O–H groups in total. The number of hydrogen-bond acceptors (Lipinski definition) is 5. The first-order chi connectivity index (χ1) is 6.51. The van der Waals surface area contributed by atoms with Gasteiger partial charge in [-0.15, -0.1) is 0 Å². The summed E-state index contributed by atoms with van der Waals surface area (Å²) in [6.45, 7) is -3.02. The van der Waals surface area contributed by atoms with E-state index in [1.165, 1.54) is 7.05 Å². The molecule has 0 spiro atoms. The number of halogens is 2. The number of aliphatic imine (C=N–C) groups is 1. The van der Waals surface area contributed by atoms with Gasteiger partial charge in [0.1, 0.15) is 5.70 Å². The average Bonchev–Trinajstić information content (AvgIpc) is 2.14. The molecule has 0 radical (unpaired) electrons. The first-order valence-corrected chi connectivity index (χ1v) is 3.48. The van der Waals surface area contributed by atoms with E-state index in [0.717, 1.165) is 13.2 Å². The van der Waals surface area contributed by atoms with Gasteiger partial charge in [0.05, 0.1) is 7.11 Å². The minimum atomic E-state index is -3.02. The van der Waals surface area contributed by atoms with E-state index in [-0.39, 0.29) is 5.70 Å². The van der Waals surface area contributed by atoms with Crippen molar-refractivity contribution in [3.63, 3.8) is 0 Å². The molecule has 0 bridgehead atoms. The van der Waals surface area contributed by atoms with Gasteiger partial charge in [0.15, 0.2) is 0 Å². The van der Waals surface area contributed by atoms with Crippen LogP contribution in [-0.4, -0.2) is 32.6 Å². The number of carbonyl (C=O) groups is 1. The topological polar surface area (TPSA) is 73.9 Å². The summed E-state index contributed by atoms with van der Waals surface area (Å²) < 4.78 is 31.6. The number of rotatable bonds is 3. The van der Waals surface area contributed by atoms with Crippen LogP contribution in [0.25, 0.3) is 0 Å². The number of nitrogens with zero attached hydrogens (tertiary/aromatic N) is 1. The van der Waals surface area contributed by atoms with E-state index in [4.69, 9.17) is 5.73 Å². The molecular weight excluding hydrogens is 198 g/mol. The number of carbonyl (C=O) groups excluding carboxylic acids is 1. The highest BCUT2D eigenvalue weighted by Crippen LogP contribution is 1.99. The molecule has 0 heterocycles. The van der Waals surface area contributed by atoms with Crippen LogP contribution in [0.2, 0.25) is 0 Å². The fraction of sp³-hybridized carbons (Fsp3) is 0.429. The molecule has 80 valence electrons. The Morgan fingerprint density at radius 1 is 1.57 bits per heavy atom. The molecule has 0 fully saturated rings. The standard InChI is InChI=1S/C7H10F2N2O3/c1-11-5(14-7(8)9)3-4(10)6(12)13-2/h3,7H,10H2,1-2H3. The highest BCUT2D eigenvalue weighted by atomic mass is 19.3. The third kappa shape index (κ3) is 4.39. The predicted octanol–water partition coefficient (Wildman–Crippen LogP) is 0.269. The minimum Gasteiger partial charge on any atom is -0.464 e. The van der Waals surface area contributed by atoms with Gasteiger partial charge in [0.25, 0.3) is 0 Å². The van der Waals surface area contributed by atoms with E-state index in [0.29, 0.717) is 0 Å². The van der Waals surface area contributed by atoms with Crippen molar-refractivity contribution < 1.29 is 23.0 Å². The number of methoxy groups -OCH3 is 1. The van der Waals surface area contributed by atoms with Crippen LogP contribution in [0.15, 0.2) is 16.8 Å². The van der Waals surface area contributed by atoms with Gasteiger partial charge >= 0.3 is 12.6 Å². The second kappa shape index (κ2) is 5.90. The maximum atomic E-state index is 11.7. The quantitative estimate of drug-likeness (QED) is 0.312. The van der Waals surface area contributed by atoms with Crippen LogP contribution < -0.4 is 5.73 Å². The van der Waals surface area contributed by atoms with Crippen LogP contribution in [0.3, 0.4) is 0 Å². The van der Waals surface area contributed by atoms with Crippen molar-refractivity contribution in [1.82, 2.24) is 0 Å². The monoisotopic (exact) mass is 208 g/mol. The number of nitrogens with two attached hydrogens (primary N) is 1. The fourth-order valence-corrected chi connectivity index (χ4v) is 0.552. The number of alkyl halides is 2. The van der Waals surface area contributed by atoms with Gasteiger partial charge in [-0.2, -0.15) is 8.78 Å². The van der Waals surface area contributed by atoms with Crippen LogP contribution in [0, 0.1) is 0 Å². The molecule has 5 nitrogen and oxygen atoms in total. The van der Waals surface area contributed by atoms with E-state index in [9.17, 15) is 13.6 Å². The molecule has 14 heavy (non-hydrogen) atoms. The Labute approximate surface area is 79.2 Å².